The third kappa shape index (κ3) is 2.23. The lowest BCUT2D eigenvalue weighted by atomic mass is 10.1. The maximum atomic E-state index is 5.98. The molecular weight excluding hydrogens is 302 g/mol. The average Bonchev–Trinajstić information content (AvgIpc) is 3.09. The molecule has 0 fully saturated rings. The number of amidine groups is 1. The number of nitrogens with one attached hydrogen (secondary N) is 2. The maximum absolute atomic E-state index is 5.98. The Morgan fingerprint density at radius 1 is 1.32 bits per heavy atom. The van der Waals surface area contributed by atoms with E-state index in [-0.39, 0.29) is 17.4 Å². The van der Waals surface area contributed by atoms with Crippen LogP contribution in [0.2, 0.25) is 5.28 Å². The highest BCUT2D eigenvalue weighted by atomic mass is 35.5. The number of allylic oxidation sites excluding steroid dienone is 2. The SMILES string of the molecule is Cn1cnc2c(NCC3=NC4C=CC=CC4N3)nc(Cl)nc21. The highest BCUT2D eigenvalue weighted by Crippen LogP contribution is 2.20. The van der Waals surface area contributed by atoms with Crippen molar-refractivity contribution in [2.45, 2.75) is 12.1 Å². The van der Waals surface area contributed by atoms with Crippen LogP contribution in [-0.4, -0.2) is 44.0 Å². The minimum atomic E-state index is 0.172. The van der Waals surface area contributed by atoms with Crippen molar-refractivity contribution in [3.05, 3.63) is 35.9 Å². The van der Waals surface area contributed by atoms with Gasteiger partial charge in [0.2, 0.25) is 5.28 Å². The molecule has 0 spiro atoms. The summed E-state index contributed by atoms with van der Waals surface area (Å²) < 4.78 is 1.81. The van der Waals surface area contributed by atoms with Crippen LogP contribution in [0.25, 0.3) is 11.2 Å². The molecule has 3 heterocycles. The number of fused-ring (bicyclic) bond motifs is 2. The molecule has 1 aliphatic carbocycles. The monoisotopic (exact) mass is 315 g/mol. The highest BCUT2D eigenvalue weighted by molar-refractivity contribution is 6.28. The van der Waals surface area contributed by atoms with E-state index in [4.69, 9.17) is 11.6 Å². The molecule has 2 N–H and O–H groups in total. The van der Waals surface area contributed by atoms with Crippen LogP contribution >= 0.6 is 11.6 Å². The van der Waals surface area contributed by atoms with E-state index in [0.29, 0.717) is 23.5 Å². The number of aryl methyl sites for hydroxylation is 1. The van der Waals surface area contributed by atoms with E-state index < -0.39 is 0 Å². The number of aromatic nitrogens is 4. The van der Waals surface area contributed by atoms with E-state index >= 15 is 0 Å². The number of hydrogen-bond donors (Lipinski definition) is 2. The Balaban J connectivity index is 1.55. The normalized spacial score (nSPS) is 22.5. The predicted octanol–water partition coefficient (Wildman–Crippen LogP) is 1.29. The number of halogens is 1. The van der Waals surface area contributed by atoms with Gasteiger partial charge in [-0.2, -0.15) is 9.97 Å². The highest BCUT2D eigenvalue weighted by Gasteiger charge is 2.25. The maximum Gasteiger partial charge on any atom is 0.226 e. The van der Waals surface area contributed by atoms with Gasteiger partial charge in [-0.25, -0.2) is 4.98 Å². The Bertz CT molecular complexity index is 820. The average molecular weight is 316 g/mol. The van der Waals surface area contributed by atoms with E-state index in [9.17, 15) is 0 Å². The lowest BCUT2D eigenvalue weighted by Gasteiger charge is -2.14. The van der Waals surface area contributed by atoms with Gasteiger partial charge in [0.25, 0.3) is 0 Å². The van der Waals surface area contributed by atoms with E-state index in [2.05, 4.69) is 42.7 Å². The molecular formula is C14H14ClN7. The molecule has 112 valence electrons. The fourth-order valence-electron chi connectivity index (χ4n) is 2.63. The summed E-state index contributed by atoms with van der Waals surface area (Å²) in [4.78, 5) is 17.4. The van der Waals surface area contributed by atoms with Crippen molar-refractivity contribution < 1.29 is 0 Å². The molecule has 1 aliphatic heterocycles. The zero-order valence-corrected chi connectivity index (χ0v) is 12.6. The minimum absolute atomic E-state index is 0.172. The van der Waals surface area contributed by atoms with Crippen molar-refractivity contribution in [1.82, 2.24) is 24.8 Å². The van der Waals surface area contributed by atoms with Crippen LogP contribution in [0.15, 0.2) is 35.6 Å². The van der Waals surface area contributed by atoms with Crippen molar-refractivity contribution in [2.24, 2.45) is 12.0 Å². The van der Waals surface area contributed by atoms with Crippen molar-refractivity contribution in [3.8, 4) is 0 Å². The van der Waals surface area contributed by atoms with Crippen LogP contribution in [0, 0.1) is 0 Å². The summed E-state index contributed by atoms with van der Waals surface area (Å²) in [6.45, 7) is 0.535. The molecule has 22 heavy (non-hydrogen) atoms. The molecule has 2 unspecified atom stereocenters. The number of rotatable bonds is 3. The van der Waals surface area contributed by atoms with Crippen LogP contribution in [0.1, 0.15) is 0 Å². The molecule has 2 atom stereocenters. The lowest BCUT2D eigenvalue weighted by Crippen LogP contribution is -2.35. The zero-order chi connectivity index (χ0) is 15.1. The molecule has 8 heteroatoms. The fraction of sp³-hybridized carbons (Fsp3) is 0.286. The first kappa shape index (κ1) is 13.3. The Hall–Kier alpha value is -2.41. The summed E-state index contributed by atoms with van der Waals surface area (Å²) in [6, 6.07) is 0.413. The van der Waals surface area contributed by atoms with Crippen molar-refractivity contribution >= 4 is 34.4 Å². The third-order valence-electron chi connectivity index (χ3n) is 3.70. The van der Waals surface area contributed by atoms with Crippen LogP contribution in [0.4, 0.5) is 5.82 Å². The van der Waals surface area contributed by atoms with Gasteiger partial charge in [0.1, 0.15) is 5.84 Å². The van der Waals surface area contributed by atoms with Gasteiger partial charge >= 0.3 is 0 Å². The lowest BCUT2D eigenvalue weighted by molar-refractivity contribution is 0.694. The number of hydrogen-bond acceptors (Lipinski definition) is 6. The summed E-state index contributed by atoms with van der Waals surface area (Å²) in [6.07, 6.45) is 9.94. The first-order valence-corrected chi connectivity index (χ1v) is 7.35. The second-order valence-electron chi connectivity index (χ2n) is 5.23. The van der Waals surface area contributed by atoms with Crippen molar-refractivity contribution in [2.75, 3.05) is 11.9 Å². The van der Waals surface area contributed by atoms with Crippen LogP contribution in [0.3, 0.4) is 0 Å². The third-order valence-corrected chi connectivity index (χ3v) is 3.87. The van der Waals surface area contributed by atoms with E-state index in [1.54, 1.807) is 6.33 Å². The molecule has 0 bridgehead atoms. The van der Waals surface area contributed by atoms with Gasteiger partial charge in [-0.1, -0.05) is 24.3 Å². The molecule has 7 nitrogen and oxygen atoms in total. The first-order chi connectivity index (χ1) is 10.7. The fourth-order valence-corrected chi connectivity index (χ4v) is 2.79. The van der Waals surface area contributed by atoms with Crippen LogP contribution in [-0.2, 0) is 7.05 Å². The summed E-state index contributed by atoms with van der Waals surface area (Å²) in [5, 5.41) is 6.81. The van der Waals surface area contributed by atoms with Gasteiger partial charge in [0.05, 0.1) is 25.0 Å². The molecule has 2 aliphatic rings. The van der Waals surface area contributed by atoms with Gasteiger partial charge in [-0.3, -0.25) is 4.99 Å². The molecule has 0 amide bonds. The summed E-state index contributed by atoms with van der Waals surface area (Å²) in [7, 11) is 1.87. The molecule has 0 saturated carbocycles. The van der Waals surface area contributed by atoms with Crippen molar-refractivity contribution in [3.63, 3.8) is 0 Å². The first-order valence-electron chi connectivity index (χ1n) is 6.97. The Labute approximate surface area is 131 Å². The summed E-state index contributed by atoms with van der Waals surface area (Å²) in [5.74, 6) is 1.51. The zero-order valence-electron chi connectivity index (χ0n) is 11.9. The quantitative estimate of drug-likeness (QED) is 0.834. The van der Waals surface area contributed by atoms with Gasteiger partial charge in [-0.05, 0) is 11.6 Å². The second-order valence-corrected chi connectivity index (χ2v) is 5.57. The van der Waals surface area contributed by atoms with Gasteiger partial charge in [0.15, 0.2) is 17.0 Å². The molecule has 0 saturated heterocycles. The Morgan fingerprint density at radius 3 is 3.05 bits per heavy atom. The molecule has 4 rings (SSSR count). The van der Waals surface area contributed by atoms with Crippen LogP contribution < -0.4 is 10.6 Å². The minimum Gasteiger partial charge on any atom is -0.364 e. The summed E-state index contributed by atoms with van der Waals surface area (Å²) >= 11 is 5.98. The van der Waals surface area contributed by atoms with Gasteiger partial charge in [0, 0.05) is 7.05 Å². The van der Waals surface area contributed by atoms with E-state index in [1.807, 2.05) is 23.8 Å². The second kappa shape index (κ2) is 5.10. The topological polar surface area (TPSA) is 80.0 Å². The molecule has 2 aromatic heterocycles. The summed E-state index contributed by atoms with van der Waals surface area (Å²) in [5.41, 5.74) is 1.39. The number of nitrogens with zero attached hydrogens (tertiary/aromatic N) is 5. The molecule has 2 aromatic rings. The largest absolute Gasteiger partial charge is 0.364 e. The standard InChI is InChI=1S/C14H14ClN7/c1-22-7-17-11-12(20-14(15)21-13(11)22)16-6-10-18-8-4-2-3-5-9(8)19-10/h2-5,7-9H,6H2,1H3,(H,18,19)(H,16,20,21). The number of aliphatic imine (C=N–C) groups is 1. The van der Waals surface area contributed by atoms with Crippen molar-refractivity contribution in [1.29, 1.82) is 0 Å². The molecule has 0 radical (unpaired) electrons. The smallest absolute Gasteiger partial charge is 0.226 e. The van der Waals surface area contributed by atoms with E-state index in [0.717, 1.165) is 5.84 Å². The number of anilines is 1. The van der Waals surface area contributed by atoms with Gasteiger partial charge in [-0.15, -0.1) is 0 Å². The Kier molecular flexibility index (Phi) is 3.07. The predicted molar refractivity (Wildman–Crippen MR) is 86.2 cm³/mol. The number of imidazole rings is 1. The molecule has 0 aromatic carbocycles. The van der Waals surface area contributed by atoms with Crippen LogP contribution in [0.5, 0.6) is 0 Å². The van der Waals surface area contributed by atoms with E-state index in [1.165, 1.54) is 0 Å². The Morgan fingerprint density at radius 2 is 2.18 bits per heavy atom. The van der Waals surface area contributed by atoms with Gasteiger partial charge < -0.3 is 15.2 Å².